The number of hydrogen-bond donors (Lipinski definition) is 1. The van der Waals surface area contributed by atoms with Crippen LogP contribution < -0.4 is 10.6 Å². The van der Waals surface area contributed by atoms with Crippen LogP contribution in [0.4, 0.5) is 5.82 Å². The number of hydrogen-bond acceptors (Lipinski definition) is 4. The summed E-state index contributed by atoms with van der Waals surface area (Å²) >= 11 is 0. The summed E-state index contributed by atoms with van der Waals surface area (Å²) in [7, 11) is 0. The van der Waals surface area contributed by atoms with Crippen LogP contribution in [0.2, 0.25) is 0 Å². The number of pyridine rings is 1. The molecule has 5 nitrogen and oxygen atoms in total. The van der Waals surface area contributed by atoms with Crippen LogP contribution in [0.15, 0.2) is 24.4 Å². The number of rotatable bonds is 3. The van der Waals surface area contributed by atoms with Crippen LogP contribution in [-0.2, 0) is 6.54 Å². The number of piperazine rings is 1. The second-order valence-corrected chi connectivity index (χ2v) is 5.44. The van der Waals surface area contributed by atoms with E-state index in [4.69, 9.17) is 10.7 Å². The summed E-state index contributed by atoms with van der Waals surface area (Å²) in [4.78, 5) is 9.67. The van der Waals surface area contributed by atoms with E-state index in [1.165, 1.54) is 0 Å². The van der Waals surface area contributed by atoms with Gasteiger partial charge in [-0.15, -0.1) is 0 Å². The molecule has 1 aliphatic heterocycles. The summed E-state index contributed by atoms with van der Waals surface area (Å²) in [5.74, 6) is 1.06. The molecule has 2 aromatic rings. The van der Waals surface area contributed by atoms with Gasteiger partial charge in [-0.1, -0.05) is 13.0 Å². The molecular formula is C15H23N5. The number of nitrogens with two attached hydrogens (primary N) is 1. The molecule has 3 rings (SSSR count). The first kappa shape index (κ1) is 13.4. The van der Waals surface area contributed by atoms with Gasteiger partial charge in [0, 0.05) is 38.4 Å². The molecule has 1 saturated heterocycles. The van der Waals surface area contributed by atoms with Crippen molar-refractivity contribution in [1.29, 1.82) is 0 Å². The van der Waals surface area contributed by atoms with Gasteiger partial charge in [0.1, 0.15) is 5.65 Å². The monoisotopic (exact) mass is 273 g/mol. The highest BCUT2D eigenvalue weighted by molar-refractivity contribution is 5.56. The van der Waals surface area contributed by atoms with Crippen LogP contribution >= 0.6 is 0 Å². The van der Waals surface area contributed by atoms with Gasteiger partial charge < -0.3 is 15.0 Å². The number of aromatic nitrogens is 2. The van der Waals surface area contributed by atoms with Crippen LogP contribution in [0.5, 0.6) is 0 Å². The highest BCUT2D eigenvalue weighted by Crippen LogP contribution is 2.24. The minimum Gasteiger partial charge on any atom is -0.352 e. The summed E-state index contributed by atoms with van der Waals surface area (Å²) in [6.07, 6.45) is 2.04. The topological polar surface area (TPSA) is 49.8 Å². The van der Waals surface area contributed by atoms with Crippen molar-refractivity contribution in [2.24, 2.45) is 5.73 Å². The fraction of sp³-hybridized carbons (Fsp3) is 0.533. The number of fused-ring (bicyclic) bond motifs is 1. The molecule has 2 aromatic heterocycles. The SMILES string of the molecule is CCN1CCN(c2nc3ccccn3c2CN)CC1C. The molecule has 0 aromatic carbocycles. The van der Waals surface area contributed by atoms with Crippen molar-refractivity contribution in [2.75, 3.05) is 31.1 Å². The van der Waals surface area contributed by atoms with Crippen LogP contribution in [-0.4, -0.2) is 46.5 Å². The van der Waals surface area contributed by atoms with Crippen LogP contribution in [0.25, 0.3) is 5.65 Å². The third-order valence-electron chi connectivity index (χ3n) is 4.27. The van der Waals surface area contributed by atoms with Crippen LogP contribution in [0.1, 0.15) is 19.5 Å². The summed E-state index contributed by atoms with van der Waals surface area (Å²) in [5.41, 5.74) is 8.05. The molecule has 5 heteroatoms. The van der Waals surface area contributed by atoms with E-state index in [9.17, 15) is 0 Å². The summed E-state index contributed by atoms with van der Waals surface area (Å²) in [6, 6.07) is 6.64. The van der Waals surface area contributed by atoms with Gasteiger partial charge in [-0.3, -0.25) is 4.90 Å². The lowest BCUT2D eigenvalue weighted by Crippen LogP contribution is -2.52. The largest absolute Gasteiger partial charge is 0.352 e. The second kappa shape index (κ2) is 5.42. The first-order valence-electron chi connectivity index (χ1n) is 7.39. The number of imidazole rings is 1. The quantitative estimate of drug-likeness (QED) is 0.916. The van der Waals surface area contributed by atoms with Gasteiger partial charge >= 0.3 is 0 Å². The predicted octanol–water partition coefficient (Wildman–Crippen LogP) is 1.32. The van der Waals surface area contributed by atoms with Gasteiger partial charge in [-0.2, -0.15) is 0 Å². The van der Waals surface area contributed by atoms with Crippen molar-refractivity contribution in [1.82, 2.24) is 14.3 Å². The van der Waals surface area contributed by atoms with Gasteiger partial charge in [0.2, 0.25) is 0 Å². The third kappa shape index (κ3) is 2.17. The molecular weight excluding hydrogens is 250 g/mol. The molecule has 0 amide bonds. The van der Waals surface area contributed by atoms with Gasteiger partial charge in [0.25, 0.3) is 0 Å². The van der Waals surface area contributed by atoms with Gasteiger partial charge in [0.15, 0.2) is 5.82 Å². The molecule has 1 unspecified atom stereocenters. The van der Waals surface area contributed by atoms with Crippen molar-refractivity contribution < 1.29 is 0 Å². The Morgan fingerprint density at radius 3 is 2.90 bits per heavy atom. The molecule has 108 valence electrons. The summed E-state index contributed by atoms with van der Waals surface area (Å²) in [5, 5.41) is 0. The van der Waals surface area contributed by atoms with Gasteiger partial charge in [-0.05, 0) is 25.6 Å². The molecule has 3 heterocycles. The average Bonchev–Trinajstić information content (AvgIpc) is 2.85. The Labute approximate surface area is 120 Å². The molecule has 0 spiro atoms. The molecule has 1 fully saturated rings. The number of likely N-dealkylation sites (N-methyl/N-ethyl adjacent to an activating group) is 1. The zero-order chi connectivity index (χ0) is 14.1. The average molecular weight is 273 g/mol. The lowest BCUT2D eigenvalue weighted by Gasteiger charge is -2.39. The van der Waals surface area contributed by atoms with Gasteiger partial charge in [0.05, 0.1) is 5.69 Å². The smallest absolute Gasteiger partial charge is 0.152 e. The number of anilines is 1. The van der Waals surface area contributed by atoms with Gasteiger partial charge in [-0.25, -0.2) is 4.98 Å². The molecule has 2 N–H and O–H groups in total. The van der Waals surface area contributed by atoms with Crippen molar-refractivity contribution in [3.05, 3.63) is 30.1 Å². The van der Waals surface area contributed by atoms with E-state index in [1.807, 2.05) is 24.4 Å². The van der Waals surface area contributed by atoms with Crippen molar-refractivity contribution >= 4 is 11.5 Å². The van der Waals surface area contributed by atoms with Crippen molar-refractivity contribution in [3.63, 3.8) is 0 Å². The lowest BCUT2D eigenvalue weighted by molar-refractivity contribution is 0.199. The van der Waals surface area contributed by atoms with Crippen LogP contribution in [0.3, 0.4) is 0 Å². The lowest BCUT2D eigenvalue weighted by atomic mass is 10.2. The van der Waals surface area contributed by atoms with Crippen molar-refractivity contribution in [3.8, 4) is 0 Å². The Balaban J connectivity index is 1.94. The minimum atomic E-state index is 0.517. The predicted molar refractivity (Wildman–Crippen MR) is 82.0 cm³/mol. The third-order valence-corrected chi connectivity index (χ3v) is 4.27. The maximum absolute atomic E-state index is 5.96. The van der Waals surface area contributed by atoms with E-state index in [2.05, 4.69) is 28.0 Å². The summed E-state index contributed by atoms with van der Waals surface area (Å²) in [6.45, 7) is 9.28. The van der Waals surface area contributed by atoms with E-state index in [0.29, 0.717) is 12.6 Å². The Kier molecular flexibility index (Phi) is 3.63. The van der Waals surface area contributed by atoms with Crippen molar-refractivity contribution in [2.45, 2.75) is 26.4 Å². The Morgan fingerprint density at radius 1 is 1.35 bits per heavy atom. The second-order valence-electron chi connectivity index (χ2n) is 5.44. The van der Waals surface area contributed by atoms with Crippen LogP contribution in [0, 0.1) is 0 Å². The maximum atomic E-state index is 5.96. The Bertz CT molecular complexity index is 591. The fourth-order valence-corrected chi connectivity index (χ4v) is 3.13. The highest BCUT2D eigenvalue weighted by atomic mass is 15.3. The molecule has 20 heavy (non-hydrogen) atoms. The molecule has 1 aliphatic rings. The maximum Gasteiger partial charge on any atom is 0.152 e. The van der Waals surface area contributed by atoms with E-state index < -0.39 is 0 Å². The van der Waals surface area contributed by atoms with E-state index >= 15 is 0 Å². The zero-order valence-electron chi connectivity index (χ0n) is 12.3. The molecule has 0 saturated carbocycles. The first-order valence-corrected chi connectivity index (χ1v) is 7.39. The normalized spacial score (nSPS) is 20.8. The Hall–Kier alpha value is -1.59. The Morgan fingerprint density at radius 2 is 2.20 bits per heavy atom. The molecule has 0 bridgehead atoms. The first-order chi connectivity index (χ1) is 9.74. The fourth-order valence-electron chi connectivity index (χ4n) is 3.13. The van der Waals surface area contributed by atoms with E-state index in [-0.39, 0.29) is 0 Å². The minimum absolute atomic E-state index is 0.517. The van der Waals surface area contributed by atoms with E-state index in [0.717, 1.165) is 43.3 Å². The van der Waals surface area contributed by atoms with E-state index in [1.54, 1.807) is 0 Å². The number of nitrogens with zero attached hydrogens (tertiary/aromatic N) is 4. The molecule has 0 aliphatic carbocycles. The molecule has 0 radical (unpaired) electrons. The molecule has 1 atom stereocenters. The standard InChI is InChI=1S/C15H23N5/c1-3-18-8-9-19(11-12(18)2)15-13(10-16)20-7-5-4-6-14(20)17-15/h4-7,12H,3,8-11,16H2,1-2H3. The highest BCUT2D eigenvalue weighted by Gasteiger charge is 2.26. The zero-order valence-corrected chi connectivity index (χ0v) is 12.3. The summed E-state index contributed by atoms with van der Waals surface area (Å²) < 4.78 is 2.10.